The van der Waals surface area contributed by atoms with E-state index >= 15 is 0 Å². The molecule has 7 heteroatoms. The largest absolute Gasteiger partial charge is 0.465 e. The third-order valence-corrected chi connectivity index (χ3v) is 3.10. The fourth-order valence-electron chi connectivity index (χ4n) is 1.44. The van der Waals surface area contributed by atoms with Gasteiger partial charge in [-0.25, -0.2) is 0 Å². The molecule has 21 heavy (non-hydrogen) atoms. The molecule has 0 aliphatic rings. The van der Waals surface area contributed by atoms with E-state index in [2.05, 4.69) is 15.9 Å². The first-order chi connectivity index (χ1) is 9.95. The second-order valence-electron chi connectivity index (χ2n) is 4.65. The van der Waals surface area contributed by atoms with Gasteiger partial charge >= 0.3 is 17.9 Å². The first-order valence-electron chi connectivity index (χ1n) is 6.94. The molecule has 0 aromatic carbocycles. The van der Waals surface area contributed by atoms with Gasteiger partial charge in [0.05, 0.1) is 5.92 Å². The fraction of sp³-hybridized carbons (Fsp3) is 0.786. The Kier molecular flexibility index (Phi) is 12.0. The van der Waals surface area contributed by atoms with Gasteiger partial charge in [0.25, 0.3) is 0 Å². The van der Waals surface area contributed by atoms with Crippen LogP contribution in [0.3, 0.4) is 0 Å². The first-order valence-corrected chi connectivity index (χ1v) is 8.06. The Hall–Kier alpha value is -1.11. The van der Waals surface area contributed by atoms with E-state index in [1.807, 2.05) is 0 Å². The van der Waals surface area contributed by atoms with E-state index in [0.29, 0.717) is 6.42 Å². The number of unbranched alkanes of at least 4 members (excludes halogenated alkanes) is 2. The molecule has 0 saturated heterocycles. The van der Waals surface area contributed by atoms with Crippen molar-refractivity contribution in [2.45, 2.75) is 39.5 Å². The van der Waals surface area contributed by atoms with Crippen LogP contribution in [0.4, 0.5) is 0 Å². The van der Waals surface area contributed by atoms with Gasteiger partial charge < -0.3 is 14.2 Å². The van der Waals surface area contributed by atoms with Crippen LogP contribution in [-0.2, 0) is 28.6 Å². The zero-order valence-corrected chi connectivity index (χ0v) is 14.1. The Morgan fingerprint density at radius 3 is 1.86 bits per heavy atom. The van der Waals surface area contributed by atoms with Gasteiger partial charge in [-0.05, 0) is 12.8 Å². The molecule has 0 heterocycles. The van der Waals surface area contributed by atoms with E-state index in [1.165, 1.54) is 13.8 Å². The van der Waals surface area contributed by atoms with Crippen molar-refractivity contribution in [3.63, 3.8) is 0 Å². The van der Waals surface area contributed by atoms with E-state index in [9.17, 15) is 14.4 Å². The summed E-state index contributed by atoms with van der Waals surface area (Å²) in [4.78, 5) is 33.1. The van der Waals surface area contributed by atoms with Crippen molar-refractivity contribution >= 4 is 33.8 Å². The minimum absolute atomic E-state index is 0.0550. The molecular weight excluding hydrogens is 344 g/mol. The number of hydrogen-bond donors (Lipinski definition) is 0. The monoisotopic (exact) mass is 366 g/mol. The second kappa shape index (κ2) is 12.6. The van der Waals surface area contributed by atoms with Crippen LogP contribution < -0.4 is 0 Å². The Bertz CT molecular complexity index is 313. The number of esters is 3. The number of carbonyl (C=O) groups excluding carboxylic acids is 3. The van der Waals surface area contributed by atoms with Crippen LogP contribution in [0.15, 0.2) is 0 Å². The number of ether oxygens (including phenoxy) is 3. The lowest BCUT2D eigenvalue weighted by atomic mass is 10.2. The number of hydrogen-bond acceptors (Lipinski definition) is 6. The van der Waals surface area contributed by atoms with Crippen molar-refractivity contribution in [3.8, 4) is 0 Å². The molecule has 0 unspecified atom stereocenters. The summed E-state index contributed by atoms with van der Waals surface area (Å²) in [6, 6.07) is 0. The molecule has 6 nitrogen and oxygen atoms in total. The topological polar surface area (TPSA) is 78.9 Å². The summed E-state index contributed by atoms with van der Waals surface area (Å²) in [7, 11) is 0. The zero-order valence-electron chi connectivity index (χ0n) is 12.6. The Balaban J connectivity index is 3.98. The highest BCUT2D eigenvalue weighted by atomic mass is 79.9. The van der Waals surface area contributed by atoms with Crippen molar-refractivity contribution in [1.29, 1.82) is 0 Å². The van der Waals surface area contributed by atoms with Gasteiger partial charge in [-0.3, -0.25) is 14.4 Å². The van der Waals surface area contributed by atoms with Crippen LogP contribution >= 0.6 is 15.9 Å². The molecule has 0 bridgehead atoms. The summed E-state index contributed by atoms with van der Waals surface area (Å²) in [6.07, 6.45) is 3.13. The number of rotatable bonds is 11. The fourth-order valence-corrected chi connectivity index (χ4v) is 1.83. The smallest absolute Gasteiger partial charge is 0.305 e. The summed E-state index contributed by atoms with van der Waals surface area (Å²) in [5, 5.41) is 0.925. The summed E-state index contributed by atoms with van der Waals surface area (Å²) in [5.41, 5.74) is 0. The van der Waals surface area contributed by atoms with Crippen molar-refractivity contribution in [1.82, 2.24) is 0 Å². The Morgan fingerprint density at radius 2 is 1.38 bits per heavy atom. The quantitative estimate of drug-likeness (QED) is 0.241. The SMILES string of the molecule is CC(=O)OCC(COC(C)=O)COC(=O)CCCCCBr. The Morgan fingerprint density at radius 1 is 0.857 bits per heavy atom. The minimum Gasteiger partial charge on any atom is -0.465 e. The van der Waals surface area contributed by atoms with E-state index in [-0.39, 0.29) is 31.7 Å². The lowest BCUT2D eigenvalue weighted by Gasteiger charge is -2.16. The normalized spacial score (nSPS) is 10.3. The minimum atomic E-state index is -0.427. The van der Waals surface area contributed by atoms with Crippen molar-refractivity contribution in [3.05, 3.63) is 0 Å². The van der Waals surface area contributed by atoms with Crippen LogP contribution in [0.1, 0.15) is 39.5 Å². The van der Waals surface area contributed by atoms with Gasteiger partial charge in [-0.1, -0.05) is 22.4 Å². The van der Waals surface area contributed by atoms with E-state index in [1.54, 1.807) is 0 Å². The Labute approximate surface area is 133 Å². The first kappa shape index (κ1) is 19.9. The van der Waals surface area contributed by atoms with Crippen molar-refractivity contribution < 1.29 is 28.6 Å². The van der Waals surface area contributed by atoms with Crippen LogP contribution in [0, 0.1) is 5.92 Å². The summed E-state index contributed by atoms with van der Waals surface area (Å²) < 4.78 is 14.8. The van der Waals surface area contributed by atoms with Gasteiger partial charge in [0.15, 0.2) is 0 Å². The van der Waals surface area contributed by atoms with Gasteiger partial charge in [0.2, 0.25) is 0 Å². The summed E-state index contributed by atoms with van der Waals surface area (Å²) >= 11 is 3.33. The molecule has 0 aromatic heterocycles. The van der Waals surface area contributed by atoms with E-state index in [0.717, 1.165) is 24.6 Å². The molecule has 0 atom stereocenters. The van der Waals surface area contributed by atoms with Crippen molar-refractivity contribution in [2.24, 2.45) is 5.92 Å². The van der Waals surface area contributed by atoms with Gasteiger partial charge in [0.1, 0.15) is 19.8 Å². The van der Waals surface area contributed by atoms with E-state index < -0.39 is 11.9 Å². The lowest BCUT2D eigenvalue weighted by Crippen LogP contribution is -2.25. The van der Waals surface area contributed by atoms with Gasteiger partial charge in [-0.2, -0.15) is 0 Å². The molecule has 0 spiro atoms. The standard InChI is InChI=1S/C14H23BrO6/c1-11(16)19-8-13(9-20-12(2)17)10-21-14(18)6-4-3-5-7-15/h13H,3-10H2,1-2H3. The van der Waals surface area contributed by atoms with Crippen LogP contribution in [0.5, 0.6) is 0 Å². The molecule has 0 aromatic rings. The maximum Gasteiger partial charge on any atom is 0.305 e. The number of carbonyl (C=O) groups is 3. The molecule has 0 N–H and O–H groups in total. The molecular formula is C14H23BrO6. The molecule has 0 radical (unpaired) electrons. The predicted octanol–water partition coefficient (Wildman–Crippen LogP) is 2.23. The van der Waals surface area contributed by atoms with Gasteiger partial charge in [-0.15, -0.1) is 0 Å². The van der Waals surface area contributed by atoms with Crippen LogP contribution in [0.25, 0.3) is 0 Å². The predicted molar refractivity (Wildman–Crippen MR) is 80.0 cm³/mol. The molecule has 0 aliphatic heterocycles. The molecule has 122 valence electrons. The summed E-state index contributed by atoms with van der Waals surface area (Å²) in [5.74, 6) is -1.49. The highest BCUT2D eigenvalue weighted by Crippen LogP contribution is 2.06. The zero-order chi connectivity index (χ0) is 16.1. The molecule has 0 amide bonds. The van der Waals surface area contributed by atoms with Crippen LogP contribution in [-0.4, -0.2) is 43.1 Å². The van der Waals surface area contributed by atoms with Gasteiger partial charge in [0, 0.05) is 25.6 Å². The number of halogens is 1. The molecule has 0 rings (SSSR count). The second-order valence-corrected chi connectivity index (χ2v) is 5.45. The van der Waals surface area contributed by atoms with Crippen LogP contribution in [0.2, 0.25) is 0 Å². The average Bonchev–Trinajstić information content (AvgIpc) is 2.42. The molecule has 0 aliphatic carbocycles. The third-order valence-electron chi connectivity index (χ3n) is 2.54. The molecule has 0 saturated carbocycles. The maximum atomic E-state index is 11.5. The van der Waals surface area contributed by atoms with Crippen molar-refractivity contribution in [2.75, 3.05) is 25.2 Å². The highest BCUT2D eigenvalue weighted by molar-refractivity contribution is 9.09. The summed E-state index contributed by atoms with van der Waals surface area (Å²) in [6.45, 7) is 2.76. The highest BCUT2D eigenvalue weighted by Gasteiger charge is 2.15. The lowest BCUT2D eigenvalue weighted by molar-refractivity contribution is -0.151. The molecule has 0 fully saturated rings. The number of alkyl halides is 1. The third kappa shape index (κ3) is 13.6. The van der Waals surface area contributed by atoms with E-state index in [4.69, 9.17) is 14.2 Å². The maximum absolute atomic E-state index is 11.5. The average molecular weight is 367 g/mol.